The molecule has 1 aliphatic rings. The highest BCUT2D eigenvalue weighted by Gasteiger charge is 2.39. The van der Waals surface area contributed by atoms with Crippen LogP contribution in [0.4, 0.5) is 0 Å². The summed E-state index contributed by atoms with van der Waals surface area (Å²) in [6, 6.07) is 6.40. The second kappa shape index (κ2) is 14.6. The van der Waals surface area contributed by atoms with E-state index in [1.165, 1.54) is 35.1 Å². The minimum atomic E-state index is -1.18. The molecule has 0 saturated carbocycles. The number of likely N-dealkylation sites (N-methyl/N-ethyl adjacent to an activating group) is 2. The Labute approximate surface area is 257 Å². The Balaban J connectivity index is 2.06. The van der Waals surface area contributed by atoms with E-state index in [-0.39, 0.29) is 18.0 Å². The van der Waals surface area contributed by atoms with E-state index in [9.17, 15) is 24.0 Å². The first kappa shape index (κ1) is 33.7. The third kappa shape index (κ3) is 7.98. The summed E-state index contributed by atoms with van der Waals surface area (Å²) in [5.41, 5.74) is 1.02. The van der Waals surface area contributed by atoms with E-state index in [0.29, 0.717) is 11.4 Å². The Morgan fingerprint density at radius 1 is 0.953 bits per heavy atom. The first-order chi connectivity index (χ1) is 20.3. The van der Waals surface area contributed by atoms with Gasteiger partial charge in [0.1, 0.15) is 22.8 Å². The summed E-state index contributed by atoms with van der Waals surface area (Å²) in [4.78, 5) is 74.5. The van der Waals surface area contributed by atoms with Gasteiger partial charge in [-0.15, -0.1) is 11.3 Å². The number of carbonyl (C=O) groups excluding carboxylic acids is 5. The van der Waals surface area contributed by atoms with Crippen LogP contribution in [-0.2, 0) is 30.3 Å². The zero-order valence-electron chi connectivity index (χ0n) is 26.1. The Morgan fingerprint density at radius 2 is 1.60 bits per heavy atom. The largest absolute Gasteiger partial charge is 0.452 e. The van der Waals surface area contributed by atoms with Crippen LogP contribution in [0.1, 0.15) is 75.1 Å². The van der Waals surface area contributed by atoms with Gasteiger partial charge in [0, 0.05) is 31.9 Å². The van der Waals surface area contributed by atoms with E-state index < -0.39 is 65.8 Å². The van der Waals surface area contributed by atoms with Crippen molar-refractivity contribution in [3.63, 3.8) is 0 Å². The monoisotopic (exact) mass is 613 g/mol. The van der Waals surface area contributed by atoms with Crippen molar-refractivity contribution in [1.29, 1.82) is 0 Å². The number of ether oxygens (including phenoxy) is 1. The maximum absolute atomic E-state index is 14.0. The molecule has 0 fully saturated rings. The van der Waals surface area contributed by atoms with E-state index in [0.717, 1.165) is 5.56 Å². The van der Waals surface area contributed by atoms with E-state index in [1.54, 1.807) is 26.3 Å². The summed E-state index contributed by atoms with van der Waals surface area (Å²) in [6.07, 6.45) is -0.507. The summed E-state index contributed by atoms with van der Waals surface area (Å²) in [7, 11) is 3.05. The molecule has 6 atom stereocenters. The van der Waals surface area contributed by atoms with E-state index >= 15 is 0 Å². The van der Waals surface area contributed by atoms with Crippen LogP contribution in [0.2, 0.25) is 0 Å². The summed E-state index contributed by atoms with van der Waals surface area (Å²) in [5.74, 6) is -3.53. The van der Waals surface area contributed by atoms with Gasteiger partial charge in [0.2, 0.25) is 11.8 Å². The Morgan fingerprint density at radius 3 is 2.21 bits per heavy atom. The molecule has 0 aliphatic carbocycles. The van der Waals surface area contributed by atoms with Crippen molar-refractivity contribution in [2.45, 2.75) is 84.7 Å². The predicted octanol–water partition coefficient (Wildman–Crippen LogP) is 2.96. The van der Waals surface area contributed by atoms with Crippen molar-refractivity contribution in [2.24, 2.45) is 11.8 Å². The molecule has 2 bridgehead atoms. The van der Waals surface area contributed by atoms with Gasteiger partial charge in [-0.25, -0.2) is 4.98 Å². The number of aromatic nitrogens is 1. The molecule has 0 saturated heterocycles. The number of fused-ring (bicyclic) bond motifs is 2. The Kier molecular flexibility index (Phi) is 11.4. The van der Waals surface area contributed by atoms with Crippen LogP contribution in [-0.4, -0.2) is 82.7 Å². The molecule has 1 aliphatic heterocycles. The number of hydrogen-bond donors (Lipinski definition) is 2. The summed E-state index contributed by atoms with van der Waals surface area (Å²) >= 11 is 1.23. The summed E-state index contributed by atoms with van der Waals surface area (Å²) in [6.45, 7) is 10.3. The molecule has 0 radical (unpaired) electrons. The van der Waals surface area contributed by atoms with Crippen LogP contribution in [0, 0.1) is 11.8 Å². The number of esters is 1. The fraction of sp³-hybridized carbons (Fsp3) is 0.548. The number of benzene rings is 1. The third-order valence-electron chi connectivity index (χ3n) is 7.90. The van der Waals surface area contributed by atoms with Crippen LogP contribution >= 0.6 is 11.3 Å². The van der Waals surface area contributed by atoms with E-state index in [1.807, 2.05) is 51.1 Å². The van der Waals surface area contributed by atoms with E-state index in [2.05, 4.69) is 15.6 Å². The first-order valence-electron chi connectivity index (χ1n) is 14.6. The summed E-state index contributed by atoms with van der Waals surface area (Å²) < 4.78 is 5.54. The number of rotatable bonds is 4. The van der Waals surface area contributed by atoms with Crippen molar-refractivity contribution in [3.05, 3.63) is 52.0 Å². The lowest BCUT2D eigenvalue weighted by molar-refractivity contribution is -0.165. The number of hydrogen-bond acceptors (Lipinski definition) is 8. The number of nitrogens with zero attached hydrogens (tertiary/aromatic N) is 3. The maximum Gasteiger partial charge on any atom is 0.311 e. The third-order valence-corrected chi connectivity index (χ3v) is 8.92. The molecule has 1 aromatic heterocycles. The van der Waals surface area contributed by atoms with Gasteiger partial charge in [-0.3, -0.25) is 24.0 Å². The minimum absolute atomic E-state index is 0.163. The molecule has 234 valence electrons. The average Bonchev–Trinajstić information content (AvgIpc) is 3.48. The van der Waals surface area contributed by atoms with Crippen molar-refractivity contribution >= 4 is 40.9 Å². The van der Waals surface area contributed by atoms with Crippen LogP contribution in [0.15, 0.2) is 35.7 Å². The van der Waals surface area contributed by atoms with Crippen LogP contribution in [0.5, 0.6) is 0 Å². The van der Waals surface area contributed by atoms with Crippen molar-refractivity contribution in [3.8, 4) is 0 Å². The van der Waals surface area contributed by atoms with Crippen molar-refractivity contribution in [1.82, 2.24) is 25.4 Å². The van der Waals surface area contributed by atoms with Gasteiger partial charge >= 0.3 is 5.97 Å². The van der Waals surface area contributed by atoms with Crippen LogP contribution < -0.4 is 10.6 Å². The van der Waals surface area contributed by atoms with Gasteiger partial charge in [-0.05, 0) is 38.7 Å². The highest BCUT2D eigenvalue weighted by Crippen LogP contribution is 2.22. The van der Waals surface area contributed by atoms with Crippen LogP contribution in [0.3, 0.4) is 0 Å². The number of thiazole rings is 1. The molecule has 2 aromatic rings. The normalized spacial score (nSPS) is 26.8. The molecule has 12 heteroatoms. The average molecular weight is 614 g/mol. The van der Waals surface area contributed by atoms with Gasteiger partial charge in [-0.1, -0.05) is 51.1 Å². The van der Waals surface area contributed by atoms with Gasteiger partial charge < -0.3 is 25.2 Å². The zero-order valence-corrected chi connectivity index (χ0v) is 26.9. The lowest BCUT2D eigenvalue weighted by Gasteiger charge is -2.37. The van der Waals surface area contributed by atoms with E-state index in [4.69, 9.17) is 4.74 Å². The lowest BCUT2D eigenvalue weighted by atomic mass is 9.98. The van der Waals surface area contributed by atoms with Crippen LogP contribution in [0.25, 0.3) is 0 Å². The number of cyclic esters (lactones) is 1. The molecular formula is C31H43N5O6S. The highest BCUT2D eigenvalue weighted by atomic mass is 32.1. The fourth-order valence-electron chi connectivity index (χ4n) is 5.21. The molecule has 1 aromatic carbocycles. The SMILES string of the molecule is CC[C@H]1NC(=O)c2csc(n2)[C@H](C)NC(=O)[C@H](Cc2ccccc2)N(C)C(=O)[C@H](C(C)C)N(C)C(=O)[C@H](C)OC(=O)[C@H]1C. The molecule has 4 amide bonds. The molecular weight excluding hydrogens is 570 g/mol. The quantitative estimate of drug-likeness (QED) is 0.506. The lowest BCUT2D eigenvalue weighted by Crippen LogP contribution is -2.58. The molecule has 11 nitrogen and oxygen atoms in total. The van der Waals surface area contributed by atoms with Gasteiger partial charge in [0.15, 0.2) is 6.10 Å². The number of amides is 4. The highest BCUT2D eigenvalue weighted by molar-refractivity contribution is 7.09. The fourth-order valence-corrected chi connectivity index (χ4v) is 6.01. The smallest absolute Gasteiger partial charge is 0.311 e. The van der Waals surface area contributed by atoms with Crippen molar-refractivity contribution in [2.75, 3.05) is 14.1 Å². The zero-order chi connectivity index (χ0) is 32.0. The molecule has 3 rings (SSSR count). The molecule has 43 heavy (non-hydrogen) atoms. The van der Waals surface area contributed by atoms with Gasteiger partial charge in [0.25, 0.3) is 11.8 Å². The topological polar surface area (TPSA) is 138 Å². The molecule has 0 unspecified atom stereocenters. The van der Waals surface area contributed by atoms with Gasteiger partial charge in [-0.2, -0.15) is 0 Å². The number of nitrogens with one attached hydrogen (secondary N) is 2. The first-order valence-corrected chi connectivity index (χ1v) is 15.5. The molecule has 2 heterocycles. The Bertz CT molecular complexity index is 1310. The van der Waals surface area contributed by atoms with Gasteiger partial charge in [0.05, 0.1) is 12.0 Å². The second-order valence-corrected chi connectivity index (χ2v) is 12.3. The Hall–Kier alpha value is -3.80. The predicted molar refractivity (Wildman–Crippen MR) is 163 cm³/mol. The molecule has 2 N–H and O–H groups in total. The van der Waals surface area contributed by atoms with Crippen molar-refractivity contribution < 1.29 is 28.7 Å². The number of carbonyl (C=O) groups is 5. The second-order valence-electron chi connectivity index (χ2n) is 11.4. The summed E-state index contributed by atoms with van der Waals surface area (Å²) in [5, 5.41) is 7.94. The maximum atomic E-state index is 14.0. The minimum Gasteiger partial charge on any atom is -0.452 e. The standard InChI is InChI=1S/C31H43N5O6S/c1-9-22-18(4)31(41)42-20(6)29(39)36(8)25(17(2)3)30(40)35(7)24(15-21-13-11-10-12-14-21)27(38)32-19(5)28-34-23(16-43-28)26(37)33-22/h10-14,16-20,22,24-25H,9,15H2,1-8H3,(H,32,38)(H,33,37)/t18-,19-,20-,22+,24-,25-/m0/s1. The molecule has 0 spiro atoms.